The standard InChI is InChI=1S/C2H6.4CH4.H3IP2.4H2/c1-2;;;;;1-3-2;;;;/h1-2H3;4*1H4;3H,2H2;4*1H. The zero-order chi connectivity index (χ0) is 4.71. The van der Waals surface area contributed by atoms with Crippen LogP contribution >= 0.6 is 36.9 Å². The van der Waals surface area contributed by atoms with Crippen molar-refractivity contribution >= 4 is 36.9 Å². The van der Waals surface area contributed by atoms with Gasteiger partial charge in [0.1, 0.15) is 0 Å². The van der Waals surface area contributed by atoms with Crippen LogP contribution in [0.4, 0.5) is 0 Å². The summed E-state index contributed by atoms with van der Waals surface area (Å²) in [5.41, 5.74) is 0. The van der Waals surface area contributed by atoms with Gasteiger partial charge < -0.3 is 0 Å². The van der Waals surface area contributed by atoms with Crippen LogP contribution in [0, 0.1) is 0 Å². The van der Waals surface area contributed by atoms with Gasteiger partial charge in [0.25, 0.3) is 0 Å². The Hall–Kier alpha value is 1.59. The molecule has 0 aliphatic carbocycles. The van der Waals surface area contributed by atoms with Gasteiger partial charge in [0, 0.05) is 5.71 Å². The summed E-state index contributed by atoms with van der Waals surface area (Å²) in [5.74, 6) is 0.970. The predicted molar refractivity (Wildman–Crippen MR) is 78.8 cm³/mol. The molecular weight excluding hydrogens is 261 g/mol. The van der Waals surface area contributed by atoms with E-state index in [-0.39, 0.29) is 35.4 Å². The highest BCUT2D eigenvalue weighted by Crippen LogP contribution is 2.28. The quantitative estimate of drug-likeness (QED) is 0.360. The summed E-state index contributed by atoms with van der Waals surface area (Å²) in [7, 11) is 2.59. The van der Waals surface area contributed by atoms with Gasteiger partial charge in [0.05, 0.1) is 0 Å². The van der Waals surface area contributed by atoms with Crippen molar-refractivity contribution in [3.05, 3.63) is 0 Å². The minimum Gasteiger partial charge on any atom is -0.104 e. The zero-order valence-corrected chi connectivity index (χ0v) is 7.77. The first kappa shape index (κ1) is 46.2. The van der Waals surface area contributed by atoms with E-state index in [1.54, 1.807) is 0 Å². The monoisotopic (exact) mass is 294 g/mol. The SMILES string of the molecule is C.C.C.C.CC.PPI.[HH].[HH].[HH].[HH]. The van der Waals surface area contributed by atoms with Gasteiger partial charge in [-0.15, -0.1) is 8.93 Å². The van der Waals surface area contributed by atoms with Gasteiger partial charge in [0.2, 0.25) is 0 Å². The van der Waals surface area contributed by atoms with Gasteiger partial charge in [-0.3, -0.25) is 0 Å². The second-order valence-electron chi connectivity index (χ2n) is 0.109. The fourth-order valence-electron chi connectivity index (χ4n) is 0. The summed E-state index contributed by atoms with van der Waals surface area (Å²) in [5, 5.41) is 0. The second kappa shape index (κ2) is 105. The van der Waals surface area contributed by atoms with Crippen LogP contribution in [-0.2, 0) is 0 Å². The summed E-state index contributed by atoms with van der Waals surface area (Å²) in [6.07, 6.45) is 0. The third-order valence-electron chi connectivity index (χ3n) is 0. The lowest BCUT2D eigenvalue weighted by molar-refractivity contribution is 1.50. The molecule has 0 radical (unpaired) electrons. The van der Waals surface area contributed by atoms with Crippen molar-refractivity contribution in [3.63, 3.8) is 0 Å². The molecule has 74 valence electrons. The number of hydrogen-bond donors (Lipinski definition) is 0. The fourth-order valence-corrected chi connectivity index (χ4v) is 0. The molecule has 0 aromatic rings. The molecule has 0 aromatic carbocycles. The first-order chi connectivity index (χ1) is 2.41. The third kappa shape index (κ3) is 219. The summed E-state index contributed by atoms with van der Waals surface area (Å²) in [4.78, 5) is 0. The van der Waals surface area contributed by atoms with Crippen molar-refractivity contribution in [3.8, 4) is 0 Å². The molecule has 0 fully saturated rings. The Kier molecular flexibility index (Phi) is 542. The van der Waals surface area contributed by atoms with Crippen molar-refractivity contribution in [2.45, 2.75) is 43.6 Å². The molecule has 0 aromatic heterocycles. The summed E-state index contributed by atoms with van der Waals surface area (Å²) in [6, 6.07) is 0. The van der Waals surface area contributed by atoms with Gasteiger partial charge in [0.15, 0.2) is 0 Å². The lowest BCUT2D eigenvalue weighted by atomic mass is 11.0. The Morgan fingerprint density at radius 3 is 1.11 bits per heavy atom. The molecule has 3 heteroatoms. The smallest absolute Gasteiger partial charge is 0 e. The largest absolute Gasteiger partial charge is 0.104 e. The van der Waals surface area contributed by atoms with E-state index < -0.39 is 0 Å². The van der Waals surface area contributed by atoms with Gasteiger partial charge in [-0.05, 0) is 5.91 Å². The maximum absolute atomic E-state index is 2.59. The van der Waals surface area contributed by atoms with Crippen molar-refractivity contribution in [1.82, 2.24) is 0 Å². The minimum absolute atomic E-state index is 0. The summed E-state index contributed by atoms with van der Waals surface area (Å²) >= 11 is 2.28. The lowest BCUT2D eigenvalue weighted by Crippen LogP contribution is -0.856. The van der Waals surface area contributed by atoms with Crippen molar-refractivity contribution in [2.75, 3.05) is 0 Å². The Labute approximate surface area is 86.3 Å². The Balaban J connectivity index is -0.00000000109. The molecule has 0 saturated heterocycles. The average molecular weight is 294 g/mol. The zero-order valence-electron chi connectivity index (χ0n) is 3.46. The van der Waals surface area contributed by atoms with Crippen LogP contribution < -0.4 is 0 Å². The minimum atomic E-state index is 0. The predicted octanol–water partition coefficient (Wildman–Crippen LogP) is 6.36. The first-order valence-electron chi connectivity index (χ1n) is 1.48. The molecule has 0 saturated carbocycles. The first-order valence-corrected chi connectivity index (χ1v) is 7.40. The second-order valence-corrected chi connectivity index (χ2v) is 6.59. The van der Waals surface area contributed by atoms with Gasteiger partial charge in [-0.1, -0.05) is 65.6 Å². The maximum Gasteiger partial charge on any atom is 0 e. The van der Waals surface area contributed by atoms with E-state index in [1.807, 2.05) is 13.8 Å². The third-order valence-corrected chi connectivity index (χ3v) is 0. The van der Waals surface area contributed by atoms with Gasteiger partial charge >= 0.3 is 0 Å². The molecule has 2 unspecified atom stereocenters. The van der Waals surface area contributed by atoms with E-state index in [2.05, 4.69) is 31.0 Å². The van der Waals surface area contributed by atoms with Crippen molar-refractivity contribution < 1.29 is 5.71 Å². The highest BCUT2D eigenvalue weighted by molar-refractivity contribution is 14.2. The van der Waals surface area contributed by atoms with E-state index in [0.29, 0.717) is 0 Å². The molecule has 0 aliphatic heterocycles. The average Bonchev–Trinajstić information content (AvgIpc) is 1.46. The molecular formula is C6H33IP2. The van der Waals surface area contributed by atoms with Crippen LogP contribution in [0.3, 0.4) is 0 Å². The van der Waals surface area contributed by atoms with Crippen LogP contribution in [-0.4, -0.2) is 0 Å². The van der Waals surface area contributed by atoms with E-state index in [9.17, 15) is 0 Å². The van der Waals surface area contributed by atoms with Crippen LogP contribution in [0.1, 0.15) is 49.3 Å². The summed E-state index contributed by atoms with van der Waals surface area (Å²) in [6.45, 7) is 4.00. The number of hydrogen-bond acceptors (Lipinski definition) is 0. The van der Waals surface area contributed by atoms with Gasteiger partial charge in [-0.25, -0.2) is 0 Å². The van der Waals surface area contributed by atoms with E-state index >= 15 is 0 Å². The van der Waals surface area contributed by atoms with Crippen LogP contribution in [0.25, 0.3) is 0 Å². The van der Waals surface area contributed by atoms with Crippen molar-refractivity contribution in [2.24, 2.45) is 0 Å². The molecule has 0 bridgehead atoms. The molecule has 0 heterocycles. The number of rotatable bonds is 0. The maximum atomic E-state index is 2.59. The highest BCUT2D eigenvalue weighted by atomic mass is 127. The Bertz CT molecular complexity index is 22.6. The van der Waals surface area contributed by atoms with Crippen LogP contribution in [0.2, 0.25) is 0 Å². The van der Waals surface area contributed by atoms with Crippen LogP contribution in [0.5, 0.6) is 0 Å². The molecule has 0 N–H and O–H groups in total. The Morgan fingerprint density at radius 1 is 1.11 bits per heavy atom. The molecule has 2 atom stereocenters. The molecule has 9 heavy (non-hydrogen) atoms. The van der Waals surface area contributed by atoms with E-state index in [0.717, 1.165) is 5.91 Å². The van der Waals surface area contributed by atoms with Crippen molar-refractivity contribution in [1.29, 1.82) is 0 Å². The molecule has 0 aliphatic rings. The van der Waals surface area contributed by atoms with E-state index in [4.69, 9.17) is 0 Å². The molecule has 0 nitrogen and oxygen atoms in total. The number of halogens is 1. The highest BCUT2D eigenvalue weighted by Gasteiger charge is 1.36. The molecule has 0 spiro atoms. The Morgan fingerprint density at radius 2 is 1.11 bits per heavy atom. The molecule has 0 amide bonds. The topological polar surface area (TPSA) is 0 Å². The normalized spacial score (nSPS) is 4.00. The molecule has 0 rings (SSSR count). The van der Waals surface area contributed by atoms with E-state index in [1.165, 1.54) is 0 Å². The fraction of sp³-hybridized carbons (Fsp3) is 1.00. The lowest BCUT2D eigenvalue weighted by Gasteiger charge is -1.47. The van der Waals surface area contributed by atoms with Gasteiger partial charge in [-0.2, -0.15) is 0 Å². The van der Waals surface area contributed by atoms with Crippen LogP contribution in [0.15, 0.2) is 0 Å². The summed E-state index contributed by atoms with van der Waals surface area (Å²) < 4.78 is 0.